The van der Waals surface area contributed by atoms with Gasteiger partial charge in [0.05, 0.1) is 6.61 Å². The Morgan fingerprint density at radius 3 is 2.93 bits per heavy atom. The molecule has 1 atom stereocenters. The first-order chi connectivity index (χ1) is 6.74. The van der Waals surface area contributed by atoms with Crippen molar-refractivity contribution < 1.29 is 4.84 Å². The lowest BCUT2D eigenvalue weighted by Gasteiger charge is -2.35. The highest BCUT2D eigenvalue weighted by Crippen LogP contribution is 2.22. The Bertz CT molecular complexity index is 150. The molecule has 1 fully saturated rings. The van der Waals surface area contributed by atoms with E-state index in [0.29, 0.717) is 12.6 Å². The van der Waals surface area contributed by atoms with Gasteiger partial charge in [0.1, 0.15) is 0 Å². The maximum Gasteiger partial charge on any atom is 0.0679 e. The van der Waals surface area contributed by atoms with Crippen molar-refractivity contribution in [1.82, 2.24) is 4.90 Å². The second-order valence-corrected chi connectivity index (χ2v) is 4.61. The highest BCUT2D eigenvalue weighted by atomic mass is 16.6. The SMILES string of the molecule is CC(C)N1CCCC(CCCON)C1. The zero-order valence-corrected chi connectivity index (χ0v) is 9.54. The van der Waals surface area contributed by atoms with Crippen LogP contribution in [0.3, 0.4) is 0 Å². The van der Waals surface area contributed by atoms with E-state index in [1.165, 1.54) is 32.4 Å². The van der Waals surface area contributed by atoms with Gasteiger partial charge in [0.2, 0.25) is 0 Å². The topological polar surface area (TPSA) is 38.5 Å². The zero-order chi connectivity index (χ0) is 10.4. The Kier molecular flexibility index (Phi) is 5.45. The minimum Gasteiger partial charge on any atom is -0.305 e. The molecule has 0 aromatic rings. The molecule has 0 aromatic carbocycles. The van der Waals surface area contributed by atoms with Crippen LogP contribution in [-0.2, 0) is 4.84 Å². The molecule has 0 amide bonds. The lowest BCUT2D eigenvalue weighted by atomic mass is 9.93. The first-order valence-electron chi connectivity index (χ1n) is 5.79. The molecule has 2 N–H and O–H groups in total. The van der Waals surface area contributed by atoms with Crippen molar-refractivity contribution >= 4 is 0 Å². The fraction of sp³-hybridized carbons (Fsp3) is 1.00. The third-order valence-corrected chi connectivity index (χ3v) is 3.16. The number of likely N-dealkylation sites (tertiary alicyclic amines) is 1. The predicted octanol–water partition coefficient (Wildman–Crippen LogP) is 1.78. The van der Waals surface area contributed by atoms with E-state index in [1.54, 1.807) is 0 Å². The van der Waals surface area contributed by atoms with E-state index in [-0.39, 0.29) is 0 Å². The molecule has 3 nitrogen and oxygen atoms in total. The average molecular weight is 200 g/mol. The molecule has 0 aliphatic carbocycles. The molecule has 1 aliphatic rings. The predicted molar refractivity (Wildman–Crippen MR) is 58.8 cm³/mol. The van der Waals surface area contributed by atoms with Gasteiger partial charge in [0.25, 0.3) is 0 Å². The van der Waals surface area contributed by atoms with Gasteiger partial charge >= 0.3 is 0 Å². The van der Waals surface area contributed by atoms with Crippen LogP contribution in [0.25, 0.3) is 0 Å². The first kappa shape index (κ1) is 12.0. The molecule has 3 heteroatoms. The van der Waals surface area contributed by atoms with Gasteiger partial charge in [-0.2, -0.15) is 0 Å². The van der Waals surface area contributed by atoms with E-state index < -0.39 is 0 Å². The summed E-state index contributed by atoms with van der Waals surface area (Å²) in [6.07, 6.45) is 5.10. The summed E-state index contributed by atoms with van der Waals surface area (Å²) in [5.41, 5.74) is 0. The highest BCUT2D eigenvalue weighted by molar-refractivity contribution is 4.75. The molecule has 1 saturated heterocycles. The maximum absolute atomic E-state index is 5.01. The molecule has 0 radical (unpaired) electrons. The maximum atomic E-state index is 5.01. The van der Waals surface area contributed by atoms with Crippen molar-refractivity contribution in [2.45, 2.75) is 45.6 Å². The van der Waals surface area contributed by atoms with Gasteiger partial charge < -0.3 is 9.74 Å². The molecule has 1 unspecified atom stereocenters. The standard InChI is InChI=1S/C11H24N2O/c1-10(2)13-7-3-5-11(9-13)6-4-8-14-12/h10-11H,3-9,12H2,1-2H3. The van der Waals surface area contributed by atoms with Crippen LogP contribution in [-0.4, -0.2) is 30.6 Å². The van der Waals surface area contributed by atoms with Crippen LogP contribution in [0.1, 0.15) is 39.5 Å². The molecular formula is C11H24N2O. The quantitative estimate of drug-likeness (QED) is 0.543. The Labute approximate surface area is 87.6 Å². The van der Waals surface area contributed by atoms with Crippen LogP contribution in [0.15, 0.2) is 0 Å². The summed E-state index contributed by atoms with van der Waals surface area (Å²) in [5, 5.41) is 0. The Balaban J connectivity index is 2.19. The smallest absolute Gasteiger partial charge is 0.0679 e. The molecule has 1 rings (SSSR count). The summed E-state index contributed by atoms with van der Waals surface area (Å²) >= 11 is 0. The van der Waals surface area contributed by atoms with E-state index in [0.717, 1.165) is 12.3 Å². The number of hydrogen-bond donors (Lipinski definition) is 1. The zero-order valence-electron chi connectivity index (χ0n) is 9.54. The Morgan fingerprint density at radius 2 is 2.29 bits per heavy atom. The van der Waals surface area contributed by atoms with Crippen LogP contribution in [0, 0.1) is 5.92 Å². The number of nitrogens with zero attached hydrogens (tertiary/aromatic N) is 1. The summed E-state index contributed by atoms with van der Waals surface area (Å²) in [7, 11) is 0. The van der Waals surface area contributed by atoms with E-state index in [4.69, 9.17) is 5.90 Å². The van der Waals surface area contributed by atoms with Crippen LogP contribution >= 0.6 is 0 Å². The largest absolute Gasteiger partial charge is 0.305 e. The number of rotatable bonds is 5. The monoisotopic (exact) mass is 200 g/mol. The average Bonchev–Trinajstić information content (AvgIpc) is 2.19. The molecule has 0 saturated carbocycles. The minimum absolute atomic E-state index is 0.698. The van der Waals surface area contributed by atoms with Crippen molar-refractivity contribution in [2.24, 2.45) is 11.8 Å². The second-order valence-electron chi connectivity index (χ2n) is 4.61. The molecule has 84 valence electrons. The van der Waals surface area contributed by atoms with Gasteiger partial charge in [-0.3, -0.25) is 0 Å². The van der Waals surface area contributed by atoms with E-state index in [9.17, 15) is 0 Å². The minimum atomic E-state index is 0.698. The van der Waals surface area contributed by atoms with Crippen LogP contribution in [0.4, 0.5) is 0 Å². The van der Waals surface area contributed by atoms with Gasteiger partial charge in [0.15, 0.2) is 0 Å². The molecule has 1 heterocycles. The summed E-state index contributed by atoms with van der Waals surface area (Å²) in [4.78, 5) is 7.17. The molecule has 1 aliphatic heterocycles. The third kappa shape index (κ3) is 3.95. The second kappa shape index (κ2) is 6.38. The number of hydrogen-bond acceptors (Lipinski definition) is 3. The van der Waals surface area contributed by atoms with Crippen molar-refractivity contribution in [2.75, 3.05) is 19.7 Å². The summed E-state index contributed by atoms with van der Waals surface area (Å²) in [5.74, 6) is 5.87. The lowest BCUT2D eigenvalue weighted by Crippen LogP contribution is -2.39. The van der Waals surface area contributed by atoms with Crippen LogP contribution < -0.4 is 5.90 Å². The number of nitrogens with two attached hydrogens (primary N) is 1. The molecule has 0 aromatic heterocycles. The summed E-state index contributed by atoms with van der Waals surface area (Å²) in [6, 6.07) is 0.698. The van der Waals surface area contributed by atoms with E-state index in [2.05, 4.69) is 23.6 Å². The van der Waals surface area contributed by atoms with Gasteiger partial charge in [-0.15, -0.1) is 0 Å². The van der Waals surface area contributed by atoms with Crippen LogP contribution in [0.2, 0.25) is 0 Å². The Hall–Kier alpha value is -0.120. The van der Waals surface area contributed by atoms with Crippen molar-refractivity contribution in [3.05, 3.63) is 0 Å². The van der Waals surface area contributed by atoms with Crippen molar-refractivity contribution in [3.63, 3.8) is 0 Å². The molecule has 0 bridgehead atoms. The fourth-order valence-corrected chi connectivity index (χ4v) is 2.26. The molecule has 14 heavy (non-hydrogen) atoms. The normalized spacial score (nSPS) is 24.4. The van der Waals surface area contributed by atoms with Gasteiger partial charge in [0, 0.05) is 12.6 Å². The van der Waals surface area contributed by atoms with Crippen molar-refractivity contribution in [3.8, 4) is 0 Å². The Morgan fingerprint density at radius 1 is 1.50 bits per heavy atom. The van der Waals surface area contributed by atoms with Crippen LogP contribution in [0.5, 0.6) is 0 Å². The summed E-state index contributed by atoms with van der Waals surface area (Å²) < 4.78 is 0. The first-order valence-corrected chi connectivity index (χ1v) is 5.79. The molecular weight excluding hydrogens is 176 g/mol. The third-order valence-electron chi connectivity index (χ3n) is 3.16. The van der Waals surface area contributed by atoms with E-state index >= 15 is 0 Å². The highest BCUT2D eigenvalue weighted by Gasteiger charge is 2.20. The van der Waals surface area contributed by atoms with Crippen molar-refractivity contribution in [1.29, 1.82) is 0 Å². The van der Waals surface area contributed by atoms with Gasteiger partial charge in [-0.25, -0.2) is 5.90 Å². The summed E-state index contributed by atoms with van der Waals surface area (Å²) in [6.45, 7) is 7.82. The lowest BCUT2D eigenvalue weighted by molar-refractivity contribution is 0.108. The van der Waals surface area contributed by atoms with E-state index in [1.807, 2.05) is 0 Å². The fourth-order valence-electron chi connectivity index (χ4n) is 2.26. The van der Waals surface area contributed by atoms with Gasteiger partial charge in [-0.05, 0) is 52.0 Å². The number of piperidine rings is 1. The molecule has 0 spiro atoms. The van der Waals surface area contributed by atoms with Gasteiger partial charge in [-0.1, -0.05) is 0 Å².